The molecule has 1 amide bonds. The first-order chi connectivity index (χ1) is 18.2. The van der Waals surface area contributed by atoms with E-state index in [4.69, 9.17) is 16.3 Å². The number of nitrogens with zero attached hydrogens (tertiary/aromatic N) is 1. The fourth-order valence-electron chi connectivity index (χ4n) is 4.32. The van der Waals surface area contributed by atoms with Gasteiger partial charge in [-0.15, -0.1) is 0 Å². The van der Waals surface area contributed by atoms with Crippen LogP contribution in [0.5, 0.6) is 5.75 Å². The van der Waals surface area contributed by atoms with Crippen LogP contribution in [-0.2, 0) is 11.2 Å². The number of pyridine rings is 1. The third kappa shape index (κ3) is 6.03. The van der Waals surface area contributed by atoms with Gasteiger partial charge in [0.25, 0.3) is 5.56 Å². The fourth-order valence-corrected chi connectivity index (χ4v) is 4.49. The maximum Gasteiger partial charge on any atom is 0.252 e. The second-order valence-corrected chi connectivity index (χ2v) is 9.74. The summed E-state index contributed by atoms with van der Waals surface area (Å²) in [6.07, 6.45) is 1.81. The first-order valence-corrected chi connectivity index (χ1v) is 12.6. The number of rotatable bonds is 8. The van der Waals surface area contributed by atoms with E-state index in [1.165, 1.54) is 30.9 Å². The summed E-state index contributed by atoms with van der Waals surface area (Å²) in [5, 5.41) is 3.36. The lowest BCUT2D eigenvalue weighted by Gasteiger charge is -2.22. The summed E-state index contributed by atoms with van der Waals surface area (Å²) in [4.78, 5) is 39.4. The number of anilines is 1. The number of methoxy groups -OCH3 is 1. The van der Waals surface area contributed by atoms with Gasteiger partial charge in [0.15, 0.2) is 5.78 Å². The van der Waals surface area contributed by atoms with Gasteiger partial charge in [-0.3, -0.25) is 19.0 Å². The van der Waals surface area contributed by atoms with Gasteiger partial charge in [-0.1, -0.05) is 59.1 Å². The van der Waals surface area contributed by atoms with E-state index in [9.17, 15) is 14.4 Å². The molecule has 194 valence electrons. The Balaban J connectivity index is 1.81. The number of ether oxygens (including phenoxy) is 1. The Morgan fingerprint density at radius 2 is 1.55 bits per heavy atom. The number of carbonyl (C=O) groups is 2. The van der Waals surface area contributed by atoms with Crippen LogP contribution < -0.4 is 15.6 Å². The van der Waals surface area contributed by atoms with E-state index in [2.05, 4.69) is 5.32 Å². The largest absolute Gasteiger partial charge is 0.495 e. The highest BCUT2D eigenvalue weighted by atomic mass is 35.5. The molecule has 3 aromatic carbocycles. The number of nitrogens with one attached hydrogen (secondary N) is 1. The number of benzene rings is 3. The van der Waals surface area contributed by atoms with Crippen molar-refractivity contribution in [1.82, 2.24) is 4.57 Å². The van der Waals surface area contributed by atoms with E-state index in [1.54, 1.807) is 18.2 Å². The predicted octanol–water partition coefficient (Wildman–Crippen LogP) is 6.42. The highest BCUT2D eigenvalue weighted by molar-refractivity contribution is 6.31. The Morgan fingerprint density at radius 1 is 0.921 bits per heavy atom. The molecule has 0 fully saturated rings. The van der Waals surface area contributed by atoms with Crippen molar-refractivity contribution in [3.8, 4) is 16.9 Å². The van der Waals surface area contributed by atoms with Gasteiger partial charge in [0, 0.05) is 34.3 Å². The molecule has 4 rings (SSSR count). The quantitative estimate of drug-likeness (QED) is 0.268. The number of hydrogen-bond donors (Lipinski definition) is 1. The van der Waals surface area contributed by atoms with Crippen molar-refractivity contribution in [2.24, 2.45) is 0 Å². The molecule has 0 radical (unpaired) electrons. The first-order valence-electron chi connectivity index (χ1n) is 12.2. The maximum atomic E-state index is 13.6. The summed E-state index contributed by atoms with van der Waals surface area (Å²) in [6, 6.07) is 20.7. The van der Waals surface area contributed by atoms with E-state index in [-0.39, 0.29) is 18.1 Å². The molecule has 1 N–H and O–H groups in total. The molecule has 0 aliphatic rings. The lowest BCUT2D eigenvalue weighted by Crippen LogP contribution is -2.34. The van der Waals surface area contributed by atoms with Gasteiger partial charge in [0.2, 0.25) is 5.91 Å². The SMILES string of the molecule is COc1cn(C(Cc2ccc(C)cc2)C(=O)Nc2ccc(C)cc2)c(=O)cc1-c1cc(Cl)ccc1C(C)=O. The van der Waals surface area contributed by atoms with Crippen LogP contribution in [0.25, 0.3) is 11.1 Å². The molecule has 0 bridgehead atoms. The van der Waals surface area contributed by atoms with E-state index in [0.717, 1.165) is 16.7 Å². The maximum absolute atomic E-state index is 13.6. The number of ketones is 1. The van der Waals surface area contributed by atoms with Crippen LogP contribution in [0.1, 0.15) is 40.0 Å². The third-order valence-corrected chi connectivity index (χ3v) is 6.66. The van der Waals surface area contributed by atoms with Crippen LogP contribution in [0.2, 0.25) is 5.02 Å². The summed E-state index contributed by atoms with van der Waals surface area (Å²) in [6.45, 7) is 5.41. The summed E-state index contributed by atoms with van der Waals surface area (Å²) in [7, 11) is 1.48. The van der Waals surface area contributed by atoms with E-state index < -0.39 is 11.6 Å². The first kappa shape index (κ1) is 26.9. The standard InChI is InChI=1S/C31H29ClN2O4/c1-19-5-9-22(10-6-19)15-28(31(37)33-24-12-7-20(2)8-13-24)34-18-29(38-4)27(17-30(34)36)26-16-23(32)11-14-25(26)21(3)35/h5-14,16-18,28H,15H2,1-4H3,(H,33,37). The molecule has 0 aliphatic heterocycles. The lowest BCUT2D eigenvalue weighted by atomic mass is 9.97. The van der Waals surface area contributed by atoms with E-state index >= 15 is 0 Å². The zero-order chi connectivity index (χ0) is 27.4. The van der Waals surface area contributed by atoms with Crippen molar-refractivity contribution in [3.05, 3.63) is 117 Å². The number of halogens is 1. The van der Waals surface area contributed by atoms with Crippen molar-refractivity contribution in [2.75, 3.05) is 12.4 Å². The third-order valence-electron chi connectivity index (χ3n) is 6.42. The van der Waals surface area contributed by atoms with Crippen LogP contribution >= 0.6 is 11.6 Å². The highest BCUT2D eigenvalue weighted by Gasteiger charge is 2.25. The van der Waals surface area contributed by atoms with Gasteiger partial charge >= 0.3 is 0 Å². The number of hydrogen-bond acceptors (Lipinski definition) is 4. The van der Waals surface area contributed by atoms with Gasteiger partial charge < -0.3 is 10.1 Å². The fraction of sp³-hybridized carbons (Fsp3) is 0.194. The van der Waals surface area contributed by atoms with Crippen molar-refractivity contribution in [2.45, 2.75) is 33.2 Å². The zero-order valence-corrected chi connectivity index (χ0v) is 22.5. The topological polar surface area (TPSA) is 77.4 Å². The highest BCUT2D eigenvalue weighted by Crippen LogP contribution is 2.34. The second kappa shape index (κ2) is 11.5. The molecule has 1 unspecified atom stereocenters. The van der Waals surface area contributed by atoms with Crippen molar-refractivity contribution >= 4 is 29.0 Å². The summed E-state index contributed by atoms with van der Waals surface area (Å²) in [5.41, 5.74) is 4.63. The molecule has 0 saturated heterocycles. The Morgan fingerprint density at radius 3 is 2.16 bits per heavy atom. The molecule has 1 atom stereocenters. The average Bonchev–Trinajstić information content (AvgIpc) is 2.89. The number of aromatic nitrogens is 1. The predicted molar refractivity (Wildman–Crippen MR) is 151 cm³/mol. The Bertz CT molecular complexity index is 1540. The number of aryl methyl sites for hydroxylation is 2. The molecule has 1 aromatic heterocycles. The lowest BCUT2D eigenvalue weighted by molar-refractivity contribution is -0.119. The molecule has 6 nitrogen and oxygen atoms in total. The van der Waals surface area contributed by atoms with E-state index in [0.29, 0.717) is 33.1 Å². The molecule has 0 aliphatic carbocycles. The molecule has 7 heteroatoms. The Hall–Kier alpha value is -4.16. The van der Waals surface area contributed by atoms with Crippen molar-refractivity contribution < 1.29 is 14.3 Å². The normalized spacial score (nSPS) is 11.6. The van der Waals surface area contributed by atoms with Gasteiger partial charge in [-0.2, -0.15) is 0 Å². The minimum absolute atomic E-state index is 0.169. The second-order valence-electron chi connectivity index (χ2n) is 9.31. The number of amides is 1. The zero-order valence-electron chi connectivity index (χ0n) is 21.7. The van der Waals surface area contributed by atoms with Crippen LogP contribution in [0.4, 0.5) is 5.69 Å². The minimum Gasteiger partial charge on any atom is -0.495 e. The molecule has 0 saturated carbocycles. The van der Waals surface area contributed by atoms with E-state index in [1.807, 2.05) is 62.4 Å². The van der Waals surface area contributed by atoms with Gasteiger partial charge in [0.05, 0.1) is 13.3 Å². The summed E-state index contributed by atoms with van der Waals surface area (Å²) < 4.78 is 7.03. The number of Topliss-reactive ketones (excluding diaryl/α,β-unsaturated/α-hetero) is 1. The Kier molecular flexibility index (Phi) is 8.13. The molecular weight excluding hydrogens is 500 g/mol. The van der Waals surface area contributed by atoms with Crippen LogP contribution in [0.15, 0.2) is 83.8 Å². The van der Waals surface area contributed by atoms with Crippen LogP contribution in [-0.4, -0.2) is 23.4 Å². The van der Waals surface area contributed by atoms with Crippen LogP contribution in [0, 0.1) is 13.8 Å². The Labute approximate surface area is 226 Å². The van der Waals surface area contributed by atoms with Crippen molar-refractivity contribution in [3.63, 3.8) is 0 Å². The molecule has 1 heterocycles. The molecular formula is C31H29ClN2O4. The molecule has 38 heavy (non-hydrogen) atoms. The number of carbonyl (C=O) groups excluding carboxylic acids is 2. The van der Waals surface area contributed by atoms with Crippen molar-refractivity contribution in [1.29, 1.82) is 0 Å². The molecule has 0 spiro atoms. The van der Waals surface area contributed by atoms with Gasteiger partial charge in [-0.05, 0) is 62.2 Å². The minimum atomic E-state index is -0.860. The van der Waals surface area contributed by atoms with Gasteiger partial charge in [-0.25, -0.2) is 0 Å². The monoisotopic (exact) mass is 528 g/mol. The summed E-state index contributed by atoms with van der Waals surface area (Å²) >= 11 is 6.23. The molecule has 4 aromatic rings. The van der Waals surface area contributed by atoms with Gasteiger partial charge in [0.1, 0.15) is 11.8 Å². The average molecular weight is 529 g/mol. The summed E-state index contributed by atoms with van der Waals surface area (Å²) in [5.74, 6) is -0.164. The smallest absolute Gasteiger partial charge is 0.252 e. The van der Waals surface area contributed by atoms with Crippen LogP contribution in [0.3, 0.4) is 0 Å².